The van der Waals surface area contributed by atoms with Gasteiger partial charge < -0.3 is 20.8 Å². The largest absolute Gasteiger partial charge is 0.508 e. The van der Waals surface area contributed by atoms with Crippen LogP contribution in [0.1, 0.15) is 30.1 Å². The Hall–Kier alpha value is -1.75. The Morgan fingerprint density at radius 2 is 1.94 bits per heavy atom. The summed E-state index contributed by atoms with van der Waals surface area (Å²) in [7, 11) is 0. The summed E-state index contributed by atoms with van der Waals surface area (Å²) in [4.78, 5) is 11.9. The average molecular weight is 250 g/mol. The summed E-state index contributed by atoms with van der Waals surface area (Å²) in [5.74, 6) is -0.506. The van der Waals surface area contributed by atoms with Gasteiger partial charge in [-0.25, -0.2) is 0 Å². The number of carbonyl (C=O) groups excluding carboxylic acids is 1. The van der Waals surface area contributed by atoms with E-state index in [1.165, 1.54) is 18.2 Å². The molecule has 2 unspecified atom stereocenters. The smallest absolute Gasteiger partial charge is 0.251 e. The number of phenols is 2. The quantitative estimate of drug-likeness (QED) is 0.630. The summed E-state index contributed by atoms with van der Waals surface area (Å²) < 4.78 is 0. The second kappa shape index (κ2) is 5.27. The van der Waals surface area contributed by atoms with Gasteiger partial charge >= 0.3 is 0 Å². The normalized spacial score (nSPS) is 23.6. The van der Waals surface area contributed by atoms with E-state index in [1.54, 1.807) is 0 Å². The first-order valence-electron chi connectivity index (χ1n) is 6.12. The minimum absolute atomic E-state index is 0.0955. The number of rotatable bonds is 2. The summed E-state index contributed by atoms with van der Waals surface area (Å²) in [5.41, 5.74) is 0.270. The van der Waals surface area contributed by atoms with Crippen LogP contribution in [0.5, 0.6) is 11.5 Å². The van der Waals surface area contributed by atoms with Gasteiger partial charge in [-0.05, 0) is 31.9 Å². The Kier molecular flexibility index (Phi) is 3.72. The molecule has 5 nitrogen and oxygen atoms in total. The van der Waals surface area contributed by atoms with Crippen molar-refractivity contribution in [1.82, 2.24) is 10.6 Å². The minimum Gasteiger partial charge on any atom is -0.508 e. The van der Waals surface area contributed by atoms with Crippen LogP contribution < -0.4 is 10.6 Å². The number of hydrogen-bond donors (Lipinski definition) is 4. The molecular formula is C13H18N2O3. The third-order valence-electron chi connectivity index (χ3n) is 3.16. The maximum Gasteiger partial charge on any atom is 0.251 e. The Balaban J connectivity index is 1.99. The molecule has 0 aromatic heterocycles. The van der Waals surface area contributed by atoms with Gasteiger partial charge in [0, 0.05) is 30.3 Å². The van der Waals surface area contributed by atoms with E-state index in [0.29, 0.717) is 6.04 Å². The van der Waals surface area contributed by atoms with Gasteiger partial charge in [-0.1, -0.05) is 0 Å². The zero-order valence-electron chi connectivity index (χ0n) is 10.3. The molecule has 1 aromatic rings. The topological polar surface area (TPSA) is 81.6 Å². The third kappa shape index (κ3) is 3.13. The van der Waals surface area contributed by atoms with Crippen molar-refractivity contribution in [1.29, 1.82) is 0 Å². The van der Waals surface area contributed by atoms with Gasteiger partial charge in [0.2, 0.25) is 0 Å². The fourth-order valence-corrected chi connectivity index (χ4v) is 2.12. The summed E-state index contributed by atoms with van der Waals surface area (Å²) >= 11 is 0. The fraction of sp³-hybridized carbons (Fsp3) is 0.462. The number of nitrogens with one attached hydrogen (secondary N) is 2. The van der Waals surface area contributed by atoms with Crippen LogP contribution in [0.3, 0.4) is 0 Å². The van der Waals surface area contributed by atoms with Crippen LogP contribution in [0.15, 0.2) is 18.2 Å². The lowest BCUT2D eigenvalue weighted by atomic mass is 10.0. The van der Waals surface area contributed by atoms with Gasteiger partial charge in [0.1, 0.15) is 11.5 Å². The zero-order valence-corrected chi connectivity index (χ0v) is 10.3. The Morgan fingerprint density at radius 3 is 2.50 bits per heavy atom. The van der Waals surface area contributed by atoms with E-state index < -0.39 is 0 Å². The Morgan fingerprint density at radius 1 is 1.28 bits per heavy atom. The molecule has 0 aliphatic carbocycles. The standard InChI is InChI=1S/C13H18N2O3/c1-8-2-3-10(7-14-8)15-13(18)9-4-11(16)6-12(17)5-9/h4-6,8,10,14,16-17H,2-3,7H2,1H3,(H,15,18). The molecule has 5 heteroatoms. The first kappa shape index (κ1) is 12.7. The van der Waals surface area contributed by atoms with Crippen molar-refractivity contribution in [3.8, 4) is 11.5 Å². The predicted molar refractivity (Wildman–Crippen MR) is 67.7 cm³/mol. The van der Waals surface area contributed by atoms with Gasteiger partial charge in [0.25, 0.3) is 5.91 Å². The zero-order chi connectivity index (χ0) is 13.1. The molecule has 1 saturated heterocycles. The van der Waals surface area contributed by atoms with Gasteiger partial charge in [-0.2, -0.15) is 0 Å². The lowest BCUT2D eigenvalue weighted by Gasteiger charge is -2.28. The maximum atomic E-state index is 11.9. The first-order chi connectivity index (χ1) is 8.54. The number of aromatic hydroxyl groups is 2. The number of amides is 1. The third-order valence-corrected chi connectivity index (χ3v) is 3.16. The lowest BCUT2D eigenvalue weighted by Crippen LogP contribution is -2.48. The highest BCUT2D eigenvalue weighted by Gasteiger charge is 2.20. The predicted octanol–water partition coefficient (Wildman–Crippen LogP) is 0.968. The molecule has 1 aliphatic heterocycles. The molecule has 1 fully saturated rings. The van der Waals surface area contributed by atoms with E-state index in [0.717, 1.165) is 19.4 Å². The lowest BCUT2D eigenvalue weighted by molar-refractivity contribution is 0.0927. The number of hydrogen-bond acceptors (Lipinski definition) is 4. The van der Waals surface area contributed by atoms with Gasteiger partial charge in [-0.15, -0.1) is 0 Å². The summed E-state index contributed by atoms with van der Waals surface area (Å²) in [6.07, 6.45) is 1.96. The summed E-state index contributed by atoms with van der Waals surface area (Å²) in [5, 5.41) is 24.8. The van der Waals surface area contributed by atoms with Crippen LogP contribution >= 0.6 is 0 Å². The van der Waals surface area contributed by atoms with Crippen molar-refractivity contribution in [2.45, 2.75) is 31.8 Å². The molecule has 0 saturated carbocycles. The van der Waals surface area contributed by atoms with Crippen molar-refractivity contribution in [2.24, 2.45) is 0 Å². The molecule has 2 atom stereocenters. The molecule has 4 N–H and O–H groups in total. The van der Waals surface area contributed by atoms with Crippen molar-refractivity contribution < 1.29 is 15.0 Å². The van der Waals surface area contributed by atoms with E-state index in [9.17, 15) is 15.0 Å². The summed E-state index contributed by atoms with van der Waals surface area (Å²) in [6.45, 7) is 2.86. The second-order valence-electron chi connectivity index (χ2n) is 4.80. The first-order valence-corrected chi connectivity index (χ1v) is 6.12. The maximum absolute atomic E-state index is 11.9. The molecule has 0 bridgehead atoms. The van der Waals surface area contributed by atoms with Crippen molar-refractivity contribution >= 4 is 5.91 Å². The highest BCUT2D eigenvalue weighted by Crippen LogP contribution is 2.20. The highest BCUT2D eigenvalue weighted by atomic mass is 16.3. The number of piperidine rings is 1. The molecule has 18 heavy (non-hydrogen) atoms. The fourth-order valence-electron chi connectivity index (χ4n) is 2.12. The molecule has 1 aliphatic rings. The summed E-state index contributed by atoms with van der Waals surface area (Å²) in [6, 6.07) is 4.46. The Labute approximate surface area is 106 Å². The van der Waals surface area contributed by atoms with Gasteiger partial charge in [-0.3, -0.25) is 4.79 Å². The van der Waals surface area contributed by atoms with Crippen LogP contribution in [0.2, 0.25) is 0 Å². The van der Waals surface area contributed by atoms with E-state index >= 15 is 0 Å². The van der Waals surface area contributed by atoms with Crippen LogP contribution in [0.4, 0.5) is 0 Å². The van der Waals surface area contributed by atoms with Crippen LogP contribution in [0, 0.1) is 0 Å². The van der Waals surface area contributed by atoms with Gasteiger partial charge in [0.15, 0.2) is 0 Å². The van der Waals surface area contributed by atoms with Gasteiger partial charge in [0.05, 0.1) is 0 Å². The van der Waals surface area contributed by atoms with Crippen LogP contribution in [0.25, 0.3) is 0 Å². The number of carbonyl (C=O) groups is 1. The van der Waals surface area contributed by atoms with E-state index in [2.05, 4.69) is 17.6 Å². The van der Waals surface area contributed by atoms with E-state index in [4.69, 9.17) is 0 Å². The highest BCUT2D eigenvalue weighted by molar-refractivity contribution is 5.95. The van der Waals surface area contributed by atoms with E-state index in [-0.39, 0.29) is 29.0 Å². The number of benzene rings is 1. The molecular weight excluding hydrogens is 232 g/mol. The second-order valence-corrected chi connectivity index (χ2v) is 4.80. The van der Waals surface area contributed by atoms with E-state index in [1.807, 2.05) is 0 Å². The average Bonchev–Trinajstić information content (AvgIpc) is 2.31. The minimum atomic E-state index is -0.275. The Bertz CT molecular complexity index is 420. The monoisotopic (exact) mass is 250 g/mol. The molecule has 1 aromatic carbocycles. The SMILES string of the molecule is CC1CCC(NC(=O)c2cc(O)cc(O)c2)CN1. The molecule has 1 heterocycles. The molecule has 2 rings (SSSR count). The number of phenolic OH excluding ortho intramolecular Hbond substituents is 2. The molecule has 1 amide bonds. The van der Waals surface area contributed by atoms with Crippen LogP contribution in [-0.2, 0) is 0 Å². The van der Waals surface area contributed by atoms with Crippen molar-refractivity contribution in [3.05, 3.63) is 23.8 Å². The molecule has 98 valence electrons. The van der Waals surface area contributed by atoms with Crippen molar-refractivity contribution in [2.75, 3.05) is 6.54 Å². The van der Waals surface area contributed by atoms with Crippen LogP contribution in [-0.4, -0.2) is 34.7 Å². The molecule has 0 spiro atoms. The molecule has 0 radical (unpaired) electrons. The van der Waals surface area contributed by atoms with Crippen molar-refractivity contribution in [3.63, 3.8) is 0 Å².